The summed E-state index contributed by atoms with van der Waals surface area (Å²) < 4.78 is 1.75. The third-order valence-corrected chi connectivity index (χ3v) is 6.14. The van der Waals surface area contributed by atoms with Gasteiger partial charge in [0.05, 0.1) is 12.3 Å². The maximum absolute atomic E-state index is 12.6. The van der Waals surface area contributed by atoms with Crippen LogP contribution in [-0.4, -0.2) is 80.3 Å². The predicted octanol–water partition coefficient (Wildman–Crippen LogP) is 1.82. The van der Waals surface area contributed by atoms with E-state index in [1.165, 1.54) is 11.8 Å². The average Bonchev–Trinajstić information content (AvgIpc) is 3.16. The van der Waals surface area contributed by atoms with Crippen molar-refractivity contribution >= 4 is 29.3 Å². The summed E-state index contributed by atoms with van der Waals surface area (Å²) in [5.41, 5.74) is 3.00. The lowest BCUT2D eigenvalue weighted by atomic mass is 10.1. The number of nitrogens with zero attached hydrogens (tertiary/aromatic N) is 6. The molecule has 31 heavy (non-hydrogen) atoms. The van der Waals surface area contributed by atoms with Gasteiger partial charge in [0, 0.05) is 38.4 Å². The molecule has 1 aromatic heterocycles. The topological polar surface area (TPSA) is 96.2 Å². The second kappa shape index (κ2) is 10.7. The van der Waals surface area contributed by atoms with E-state index in [-0.39, 0.29) is 11.8 Å². The molecule has 1 fully saturated rings. The predicted molar refractivity (Wildman–Crippen MR) is 121 cm³/mol. The Morgan fingerprint density at radius 3 is 2.45 bits per heavy atom. The van der Waals surface area contributed by atoms with Gasteiger partial charge in [0.1, 0.15) is 0 Å². The number of piperazine rings is 1. The molecule has 0 aliphatic carbocycles. The van der Waals surface area contributed by atoms with Gasteiger partial charge in [-0.15, -0.1) is 5.10 Å². The molecule has 0 atom stereocenters. The van der Waals surface area contributed by atoms with Crippen molar-refractivity contribution in [2.45, 2.75) is 39.4 Å². The molecule has 0 radical (unpaired) electrons. The van der Waals surface area contributed by atoms with Gasteiger partial charge in [-0.25, -0.2) is 4.68 Å². The minimum Gasteiger partial charge on any atom is -0.339 e. The monoisotopic (exact) mass is 445 g/mol. The molecule has 1 aliphatic heterocycles. The first-order valence-corrected chi connectivity index (χ1v) is 11.6. The summed E-state index contributed by atoms with van der Waals surface area (Å²) in [6.45, 7) is 11.8. The quantitative estimate of drug-likeness (QED) is 0.619. The summed E-state index contributed by atoms with van der Waals surface area (Å²) in [6.07, 6.45) is 0. The van der Waals surface area contributed by atoms with Gasteiger partial charge < -0.3 is 10.2 Å². The molecule has 1 aliphatic rings. The highest BCUT2D eigenvalue weighted by Crippen LogP contribution is 2.19. The number of hydrogen-bond acceptors (Lipinski definition) is 7. The zero-order chi connectivity index (χ0) is 22.4. The molecule has 9 nitrogen and oxygen atoms in total. The first-order chi connectivity index (χ1) is 14.8. The molecule has 1 aromatic carbocycles. The number of para-hydroxylation sites is 1. The van der Waals surface area contributed by atoms with Crippen LogP contribution in [0.1, 0.15) is 25.0 Å². The molecule has 0 saturated carbocycles. The van der Waals surface area contributed by atoms with Gasteiger partial charge in [0.2, 0.25) is 17.0 Å². The van der Waals surface area contributed by atoms with Gasteiger partial charge in [-0.3, -0.25) is 14.5 Å². The van der Waals surface area contributed by atoms with E-state index in [9.17, 15) is 9.59 Å². The van der Waals surface area contributed by atoms with Crippen LogP contribution < -0.4 is 5.32 Å². The van der Waals surface area contributed by atoms with Crippen molar-refractivity contribution in [2.75, 3.05) is 43.8 Å². The Hall–Kier alpha value is -2.46. The number of rotatable bonds is 8. The number of thioether (sulfide) groups is 1. The Kier molecular flexibility index (Phi) is 8.03. The van der Waals surface area contributed by atoms with E-state index in [2.05, 4.69) is 39.6 Å². The second-order valence-corrected chi connectivity index (χ2v) is 9.24. The van der Waals surface area contributed by atoms with Crippen LogP contribution >= 0.6 is 11.8 Å². The fraction of sp³-hybridized carbons (Fsp3) is 0.571. The van der Waals surface area contributed by atoms with E-state index in [0.717, 1.165) is 23.4 Å². The van der Waals surface area contributed by atoms with E-state index >= 15 is 0 Å². The lowest BCUT2D eigenvalue weighted by Gasteiger charge is -2.34. The Labute approximate surface area is 187 Å². The number of benzene rings is 1. The summed E-state index contributed by atoms with van der Waals surface area (Å²) in [6, 6.07) is 5.97. The summed E-state index contributed by atoms with van der Waals surface area (Å²) in [4.78, 5) is 29.0. The van der Waals surface area contributed by atoms with Crippen molar-refractivity contribution in [3.63, 3.8) is 0 Å². The SMILES string of the molecule is Cc1cccc(C)c1NC(=O)CN1CCN(C(=O)CSc2nnnn2CC(C)C)CC1. The molecule has 168 valence electrons. The Morgan fingerprint density at radius 1 is 1.13 bits per heavy atom. The van der Waals surface area contributed by atoms with E-state index in [1.54, 1.807) is 4.68 Å². The van der Waals surface area contributed by atoms with Crippen LogP contribution in [0.25, 0.3) is 0 Å². The van der Waals surface area contributed by atoms with E-state index in [1.807, 2.05) is 36.9 Å². The second-order valence-electron chi connectivity index (χ2n) is 8.30. The summed E-state index contributed by atoms with van der Waals surface area (Å²) in [7, 11) is 0. The number of carbonyl (C=O) groups excluding carboxylic acids is 2. The third kappa shape index (κ3) is 6.51. The van der Waals surface area contributed by atoms with Crippen molar-refractivity contribution in [1.82, 2.24) is 30.0 Å². The highest BCUT2D eigenvalue weighted by molar-refractivity contribution is 7.99. The Bertz CT molecular complexity index is 887. The third-order valence-electron chi connectivity index (χ3n) is 5.20. The van der Waals surface area contributed by atoms with Crippen LogP contribution in [0.15, 0.2) is 23.4 Å². The lowest BCUT2D eigenvalue weighted by molar-refractivity contribution is -0.130. The smallest absolute Gasteiger partial charge is 0.238 e. The van der Waals surface area contributed by atoms with Gasteiger partial charge in [-0.1, -0.05) is 43.8 Å². The van der Waals surface area contributed by atoms with Crippen LogP contribution in [0.2, 0.25) is 0 Å². The van der Waals surface area contributed by atoms with Crippen LogP contribution in [-0.2, 0) is 16.1 Å². The van der Waals surface area contributed by atoms with Gasteiger partial charge in [-0.2, -0.15) is 0 Å². The number of aromatic nitrogens is 4. The number of nitrogens with one attached hydrogen (secondary N) is 1. The molecule has 1 saturated heterocycles. The number of amides is 2. The molecule has 2 amide bonds. The minimum atomic E-state index is -0.0234. The standard InChI is InChI=1S/C21H31N7O2S/c1-15(2)12-28-21(23-24-25-28)31-14-19(30)27-10-8-26(9-11-27)13-18(29)22-20-16(3)6-5-7-17(20)4/h5-7,15H,8-14H2,1-4H3,(H,22,29). The first kappa shape index (κ1) is 23.2. The molecule has 0 unspecified atom stereocenters. The maximum atomic E-state index is 12.6. The Morgan fingerprint density at radius 2 is 1.81 bits per heavy atom. The lowest BCUT2D eigenvalue weighted by Crippen LogP contribution is -2.51. The highest BCUT2D eigenvalue weighted by atomic mass is 32.2. The first-order valence-electron chi connectivity index (χ1n) is 10.6. The van der Waals surface area contributed by atoms with Crippen molar-refractivity contribution in [2.24, 2.45) is 5.92 Å². The van der Waals surface area contributed by atoms with Gasteiger partial charge >= 0.3 is 0 Å². The highest BCUT2D eigenvalue weighted by Gasteiger charge is 2.23. The molecular formula is C21H31N7O2S. The number of hydrogen-bond donors (Lipinski definition) is 1. The normalized spacial score (nSPS) is 14.8. The van der Waals surface area contributed by atoms with Crippen LogP contribution in [0, 0.1) is 19.8 Å². The number of anilines is 1. The molecule has 1 N–H and O–H groups in total. The summed E-state index contributed by atoms with van der Waals surface area (Å²) >= 11 is 1.37. The zero-order valence-corrected chi connectivity index (χ0v) is 19.5. The van der Waals surface area contributed by atoms with E-state index < -0.39 is 0 Å². The van der Waals surface area contributed by atoms with Crippen molar-refractivity contribution < 1.29 is 9.59 Å². The molecule has 0 spiro atoms. The maximum Gasteiger partial charge on any atom is 0.238 e. The molecule has 0 bridgehead atoms. The van der Waals surface area contributed by atoms with Crippen molar-refractivity contribution in [3.8, 4) is 0 Å². The van der Waals surface area contributed by atoms with Gasteiger partial charge in [0.15, 0.2) is 0 Å². The fourth-order valence-electron chi connectivity index (χ4n) is 3.53. The molecule has 3 rings (SSSR count). The van der Waals surface area contributed by atoms with Crippen molar-refractivity contribution in [1.29, 1.82) is 0 Å². The summed E-state index contributed by atoms with van der Waals surface area (Å²) in [5.74, 6) is 0.790. The molecule has 2 heterocycles. The van der Waals surface area contributed by atoms with Crippen LogP contribution in [0.4, 0.5) is 5.69 Å². The van der Waals surface area contributed by atoms with Gasteiger partial charge in [-0.05, 0) is 41.3 Å². The largest absolute Gasteiger partial charge is 0.339 e. The average molecular weight is 446 g/mol. The number of tetrazole rings is 1. The zero-order valence-electron chi connectivity index (χ0n) is 18.7. The Balaban J connectivity index is 1.42. The number of carbonyl (C=O) groups is 2. The fourth-order valence-corrected chi connectivity index (χ4v) is 4.32. The van der Waals surface area contributed by atoms with Gasteiger partial charge in [0.25, 0.3) is 0 Å². The van der Waals surface area contributed by atoms with Crippen LogP contribution in [0.5, 0.6) is 0 Å². The van der Waals surface area contributed by atoms with E-state index in [4.69, 9.17) is 0 Å². The molecule has 10 heteroatoms. The van der Waals surface area contributed by atoms with E-state index in [0.29, 0.717) is 49.6 Å². The minimum absolute atomic E-state index is 0.0234. The number of aryl methyl sites for hydroxylation is 2. The van der Waals surface area contributed by atoms with Crippen LogP contribution in [0.3, 0.4) is 0 Å². The van der Waals surface area contributed by atoms with Crippen molar-refractivity contribution in [3.05, 3.63) is 29.3 Å². The molecular weight excluding hydrogens is 414 g/mol. The summed E-state index contributed by atoms with van der Waals surface area (Å²) in [5, 5.41) is 15.4. The molecule has 2 aromatic rings.